The van der Waals surface area contributed by atoms with Crippen molar-refractivity contribution in [2.45, 2.75) is 49.9 Å². The summed E-state index contributed by atoms with van der Waals surface area (Å²) in [4.78, 5) is 39.3. The largest absolute Gasteiger partial charge is 0.350 e. The normalized spacial score (nSPS) is 20.3. The van der Waals surface area contributed by atoms with Crippen LogP contribution in [-0.2, 0) is 16.1 Å². The fourth-order valence-corrected chi connectivity index (χ4v) is 3.86. The van der Waals surface area contributed by atoms with Crippen LogP contribution >= 0.6 is 11.8 Å². The van der Waals surface area contributed by atoms with Gasteiger partial charge in [0.15, 0.2) is 0 Å². The van der Waals surface area contributed by atoms with Crippen LogP contribution < -0.4 is 10.6 Å². The average Bonchev–Trinajstić information content (AvgIpc) is 2.98. The highest BCUT2D eigenvalue weighted by Gasteiger charge is 2.38. The van der Waals surface area contributed by atoms with Crippen LogP contribution in [0.1, 0.15) is 31.7 Å². The van der Waals surface area contributed by atoms with Gasteiger partial charge in [0, 0.05) is 5.25 Å². The number of carbonyl (C=O) groups is 2. The van der Waals surface area contributed by atoms with Crippen LogP contribution in [0.4, 0.5) is 4.79 Å². The van der Waals surface area contributed by atoms with Crippen molar-refractivity contribution < 1.29 is 19.5 Å². The summed E-state index contributed by atoms with van der Waals surface area (Å²) in [5.41, 5.74) is 1.04. The average molecular weight is 381 g/mol. The van der Waals surface area contributed by atoms with E-state index in [1.165, 1.54) is 0 Å². The van der Waals surface area contributed by atoms with Crippen LogP contribution in [0.2, 0.25) is 0 Å². The molecule has 142 valence electrons. The summed E-state index contributed by atoms with van der Waals surface area (Å²) < 4.78 is 0. The number of hydrogen-bond donors (Lipinski definition) is 2. The Morgan fingerprint density at radius 1 is 1.42 bits per heavy atom. The lowest BCUT2D eigenvalue weighted by Crippen LogP contribution is -2.51. The molecule has 1 heterocycles. The first-order valence-corrected chi connectivity index (χ1v) is 9.46. The molecule has 2 amide bonds. The van der Waals surface area contributed by atoms with E-state index >= 15 is 0 Å². The van der Waals surface area contributed by atoms with Crippen LogP contribution in [0.25, 0.3) is 0 Å². The van der Waals surface area contributed by atoms with Gasteiger partial charge in [0.1, 0.15) is 12.6 Å². The Bertz CT molecular complexity index is 628. The molecule has 1 aromatic carbocycles. The van der Waals surface area contributed by atoms with Gasteiger partial charge in [-0.2, -0.15) is 0 Å². The van der Waals surface area contributed by atoms with E-state index in [0.29, 0.717) is 12.8 Å². The summed E-state index contributed by atoms with van der Waals surface area (Å²) in [6.07, 6.45) is 2.86. The molecule has 2 N–H and O–H groups in total. The number of amides is 2. The third-order valence-electron chi connectivity index (χ3n) is 4.10. The molecule has 1 aliphatic heterocycles. The maximum Gasteiger partial charge on any atom is 0.294 e. The summed E-state index contributed by atoms with van der Waals surface area (Å²) in [5.74, 6) is -0.336. The molecule has 0 spiro atoms. The molecule has 8 nitrogen and oxygen atoms in total. The lowest BCUT2D eigenvalue weighted by molar-refractivity contribution is -0.758. The first-order valence-electron chi connectivity index (χ1n) is 8.58. The first kappa shape index (κ1) is 20.0. The second-order valence-electron chi connectivity index (χ2n) is 6.12. The van der Waals surface area contributed by atoms with Crippen molar-refractivity contribution in [3.05, 3.63) is 46.0 Å². The second kappa shape index (κ2) is 10.0. The van der Waals surface area contributed by atoms with Gasteiger partial charge >= 0.3 is 0 Å². The molecule has 0 bridgehead atoms. The molecule has 2 rings (SSSR count). The van der Waals surface area contributed by atoms with E-state index in [1.807, 2.05) is 37.3 Å². The zero-order valence-electron chi connectivity index (χ0n) is 14.6. The fourth-order valence-electron chi connectivity index (χ4n) is 2.79. The van der Waals surface area contributed by atoms with Crippen molar-refractivity contribution in [3.8, 4) is 0 Å². The van der Waals surface area contributed by atoms with Crippen molar-refractivity contribution >= 4 is 22.9 Å². The Morgan fingerprint density at radius 2 is 2.15 bits per heavy atom. The minimum atomic E-state index is -0.865. The summed E-state index contributed by atoms with van der Waals surface area (Å²) in [6.45, 7) is 1.80. The van der Waals surface area contributed by atoms with Crippen molar-refractivity contribution in [2.75, 3.05) is 6.61 Å². The number of benzene rings is 1. The number of nitrogens with zero attached hydrogens (tertiary/aromatic N) is 1. The summed E-state index contributed by atoms with van der Waals surface area (Å²) in [5, 5.41) is 14.6. The number of thioether (sulfide) groups is 1. The van der Waals surface area contributed by atoms with Crippen LogP contribution in [0.5, 0.6) is 0 Å². The quantitative estimate of drug-likeness (QED) is 0.475. The van der Waals surface area contributed by atoms with Gasteiger partial charge in [0.25, 0.3) is 10.3 Å². The molecular weight excluding hydrogens is 358 g/mol. The summed E-state index contributed by atoms with van der Waals surface area (Å²) in [6, 6.07) is 8.50. The van der Waals surface area contributed by atoms with Gasteiger partial charge in [-0.1, -0.05) is 61.9 Å². The smallest absolute Gasteiger partial charge is 0.294 e. The van der Waals surface area contributed by atoms with Crippen LogP contribution in [0.15, 0.2) is 30.3 Å². The predicted molar refractivity (Wildman–Crippen MR) is 98.2 cm³/mol. The monoisotopic (exact) mass is 381 g/mol. The maximum absolute atomic E-state index is 12.6. The van der Waals surface area contributed by atoms with E-state index in [-0.39, 0.29) is 23.0 Å². The number of rotatable bonds is 10. The van der Waals surface area contributed by atoms with E-state index in [2.05, 4.69) is 15.5 Å². The molecule has 0 aliphatic carbocycles. The van der Waals surface area contributed by atoms with Gasteiger partial charge < -0.3 is 15.5 Å². The Morgan fingerprint density at radius 3 is 2.81 bits per heavy atom. The highest BCUT2D eigenvalue weighted by atomic mass is 32.2. The first-order chi connectivity index (χ1) is 12.5. The Hall–Kier alpha value is -2.29. The van der Waals surface area contributed by atoms with Crippen molar-refractivity contribution in [3.63, 3.8) is 0 Å². The summed E-state index contributed by atoms with van der Waals surface area (Å²) >= 11 is 1.11. The second-order valence-corrected chi connectivity index (χ2v) is 7.33. The number of hydrogen-bond acceptors (Lipinski definition) is 6. The van der Waals surface area contributed by atoms with Crippen molar-refractivity contribution in [1.82, 2.24) is 10.6 Å². The van der Waals surface area contributed by atoms with E-state index in [0.717, 1.165) is 30.2 Å². The Labute approximate surface area is 156 Å². The molecule has 0 saturated carbocycles. The molecule has 3 atom stereocenters. The van der Waals surface area contributed by atoms with Gasteiger partial charge in [0.05, 0.1) is 6.04 Å². The minimum absolute atomic E-state index is 0.199. The summed E-state index contributed by atoms with van der Waals surface area (Å²) in [7, 11) is 0. The zero-order valence-corrected chi connectivity index (χ0v) is 15.4. The fraction of sp³-hybridized carbons (Fsp3) is 0.529. The standard InChI is InChI=1S/C17H23N3O5S/c1-2-3-9-13(11-25-20(23)24)18-16(21)15-14(26-17(22)19-15)10-12-7-5-4-6-8-12/h4-8,13-15H,2-3,9-11H2,1H3,(H,18,21)(H,19,22)/t13-,14?,15-/m0/s1. The molecule has 1 aromatic rings. The predicted octanol–water partition coefficient (Wildman–Crippen LogP) is 2.31. The maximum atomic E-state index is 12.6. The molecule has 1 aliphatic rings. The molecule has 1 saturated heterocycles. The van der Waals surface area contributed by atoms with Gasteiger partial charge in [0.2, 0.25) is 5.91 Å². The molecule has 0 radical (unpaired) electrons. The van der Waals surface area contributed by atoms with Crippen molar-refractivity contribution in [1.29, 1.82) is 0 Å². The molecule has 1 fully saturated rings. The van der Waals surface area contributed by atoms with Gasteiger partial charge in [-0.05, 0) is 18.4 Å². The van der Waals surface area contributed by atoms with E-state index in [1.54, 1.807) is 0 Å². The Balaban J connectivity index is 1.99. The van der Waals surface area contributed by atoms with Crippen LogP contribution in [-0.4, -0.2) is 40.2 Å². The lowest BCUT2D eigenvalue weighted by atomic mass is 10.0. The molecule has 26 heavy (non-hydrogen) atoms. The van der Waals surface area contributed by atoms with E-state index < -0.39 is 17.2 Å². The van der Waals surface area contributed by atoms with Gasteiger partial charge in [-0.3, -0.25) is 9.59 Å². The van der Waals surface area contributed by atoms with Crippen molar-refractivity contribution in [2.24, 2.45) is 0 Å². The number of carbonyl (C=O) groups excluding carboxylic acids is 2. The van der Waals surface area contributed by atoms with Crippen LogP contribution in [0, 0.1) is 10.1 Å². The van der Waals surface area contributed by atoms with Gasteiger partial charge in [-0.15, -0.1) is 10.1 Å². The molecular formula is C17H23N3O5S. The molecule has 1 unspecified atom stereocenters. The topological polar surface area (TPSA) is 111 Å². The zero-order chi connectivity index (χ0) is 18.9. The van der Waals surface area contributed by atoms with Crippen LogP contribution in [0.3, 0.4) is 0 Å². The third-order valence-corrected chi connectivity index (χ3v) is 5.17. The van der Waals surface area contributed by atoms with E-state index in [4.69, 9.17) is 0 Å². The number of unbranched alkanes of at least 4 members (excludes halogenated alkanes) is 1. The lowest BCUT2D eigenvalue weighted by Gasteiger charge is -2.22. The molecule has 0 aromatic heterocycles. The minimum Gasteiger partial charge on any atom is -0.350 e. The highest BCUT2D eigenvalue weighted by molar-refractivity contribution is 8.14. The van der Waals surface area contributed by atoms with E-state index in [9.17, 15) is 19.7 Å². The third kappa shape index (κ3) is 6.21. The Kier molecular flexibility index (Phi) is 7.71. The van der Waals surface area contributed by atoms with Gasteiger partial charge in [-0.25, -0.2) is 0 Å². The highest BCUT2D eigenvalue weighted by Crippen LogP contribution is 2.27. The number of nitrogens with one attached hydrogen (secondary N) is 2. The SMILES string of the molecule is CCCC[C@@H](CO[N+](=O)[O-])NC(=O)[C@H]1NC(=O)SC1Cc1ccccc1. The molecule has 9 heteroatoms.